The number of aromatic nitrogens is 2. The zero-order chi connectivity index (χ0) is 14.3. The van der Waals surface area contributed by atoms with Gasteiger partial charge >= 0.3 is 0 Å². The summed E-state index contributed by atoms with van der Waals surface area (Å²) in [6.45, 7) is 1.77. The summed E-state index contributed by atoms with van der Waals surface area (Å²) in [5, 5.41) is -0.381. The summed E-state index contributed by atoms with van der Waals surface area (Å²) in [5.74, 6) is -0.160. The van der Waals surface area contributed by atoms with Crippen molar-refractivity contribution >= 4 is 22.6 Å². The first kappa shape index (κ1) is 13.1. The lowest BCUT2D eigenvalue weighted by Crippen LogP contribution is -2.02. The zero-order valence-corrected chi connectivity index (χ0v) is 11.4. The van der Waals surface area contributed by atoms with Gasteiger partial charge in [0.15, 0.2) is 0 Å². The fraction of sp³-hybridized carbons (Fsp3) is 0.133. The van der Waals surface area contributed by atoms with Crippen molar-refractivity contribution in [2.45, 2.75) is 12.3 Å². The Labute approximate surface area is 119 Å². The van der Waals surface area contributed by atoms with Crippen LogP contribution in [-0.4, -0.2) is 9.55 Å². The predicted molar refractivity (Wildman–Crippen MR) is 75.3 cm³/mol. The van der Waals surface area contributed by atoms with Gasteiger partial charge in [0.1, 0.15) is 17.5 Å². The molecule has 3 aromatic rings. The van der Waals surface area contributed by atoms with Crippen LogP contribution in [0.25, 0.3) is 16.7 Å². The van der Waals surface area contributed by atoms with Crippen LogP contribution in [0.15, 0.2) is 42.5 Å². The van der Waals surface area contributed by atoms with Gasteiger partial charge in [-0.15, -0.1) is 11.6 Å². The van der Waals surface area contributed by atoms with E-state index in [1.54, 1.807) is 29.7 Å². The Morgan fingerprint density at radius 1 is 1.10 bits per heavy atom. The van der Waals surface area contributed by atoms with Gasteiger partial charge < -0.3 is 0 Å². The minimum absolute atomic E-state index is 0.348. The third-order valence-electron chi connectivity index (χ3n) is 3.06. The summed E-state index contributed by atoms with van der Waals surface area (Å²) >= 11 is 6.14. The molecule has 1 aromatic heterocycles. The Morgan fingerprint density at radius 3 is 2.55 bits per heavy atom. The highest BCUT2D eigenvalue weighted by molar-refractivity contribution is 6.20. The Hall–Kier alpha value is -1.94. The molecule has 2 aromatic carbocycles. The van der Waals surface area contributed by atoms with Crippen LogP contribution >= 0.6 is 11.6 Å². The van der Waals surface area contributed by atoms with Gasteiger partial charge in [-0.25, -0.2) is 13.8 Å². The second kappa shape index (κ2) is 4.87. The number of nitrogens with zero attached hydrogens (tertiary/aromatic N) is 2. The van der Waals surface area contributed by atoms with Crippen LogP contribution in [0, 0.1) is 11.6 Å². The molecule has 20 heavy (non-hydrogen) atoms. The van der Waals surface area contributed by atoms with Crippen LogP contribution < -0.4 is 0 Å². The van der Waals surface area contributed by atoms with E-state index in [-0.39, 0.29) is 17.0 Å². The van der Waals surface area contributed by atoms with E-state index in [9.17, 15) is 8.78 Å². The number of halogens is 3. The van der Waals surface area contributed by atoms with E-state index < -0.39 is 0 Å². The molecule has 0 aliphatic heterocycles. The van der Waals surface area contributed by atoms with Crippen molar-refractivity contribution in [2.75, 3.05) is 0 Å². The number of rotatable bonds is 2. The topological polar surface area (TPSA) is 17.8 Å². The average Bonchev–Trinajstić information content (AvgIpc) is 2.77. The van der Waals surface area contributed by atoms with Gasteiger partial charge in [-0.05, 0) is 37.3 Å². The molecule has 0 fully saturated rings. The highest BCUT2D eigenvalue weighted by atomic mass is 35.5. The van der Waals surface area contributed by atoms with Crippen molar-refractivity contribution in [2.24, 2.45) is 0 Å². The zero-order valence-electron chi connectivity index (χ0n) is 10.6. The average molecular weight is 293 g/mol. The van der Waals surface area contributed by atoms with Crippen LogP contribution in [0.3, 0.4) is 0 Å². The summed E-state index contributed by atoms with van der Waals surface area (Å²) < 4.78 is 28.5. The smallest absolute Gasteiger partial charge is 0.132 e. The number of imidazole rings is 1. The molecule has 2 nitrogen and oxygen atoms in total. The van der Waals surface area contributed by atoms with Crippen molar-refractivity contribution in [3.63, 3.8) is 0 Å². The highest BCUT2D eigenvalue weighted by Gasteiger charge is 2.17. The van der Waals surface area contributed by atoms with Gasteiger partial charge in [0.05, 0.1) is 22.1 Å². The molecule has 1 atom stereocenters. The fourth-order valence-electron chi connectivity index (χ4n) is 2.23. The normalized spacial score (nSPS) is 12.8. The first-order valence-corrected chi connectivity index (χ1v) is 6.58. The molecule has 0 bridgehead atoms. The first-order chi connectivity index (χ1) is 9.56. The van der Waals surface area contributed by atoms with E-state index in [0.717, 1.165) is 0 Å². The van der Waals surface area contributed by atoms with E-state index in [1.807, 2.05) is 0 Å². The van der Waals surface area contributed by atoms with Crippen molar-refractivity contribution in [3.8, 4) is 5.69 Å². The predicted octanol–water partition coefficient (Wildman–Crippen LogP) is 4.60. The van der Waals surface area contributed by atoms with E-state index >= 15 is 0 Å². The maximum atomic E-state index is 13.4. The van der Waals surface area contributed by atoms with Gasteiger partial charge in [0.2, 0.25) is 0 Å². The molecular weight excluding hydrogens is 282 g/mol. The van der Waals surface area contributed by atoms with Gasteiger partial charge in [-0.3, -0.25) is 4.57 Å². The summed E-state index contributed by atoms with van der Waals surface area (Å²) in [6.07, 6.45) is 0. The fourth-order valence-corrected chi connectivity index (χ4v) is 2.37. The molecule has 3 rings (SSSR count). The molecule has 0 saturated heterocycles. The first-order valence-electron chi connectivity index (χ1n) is 6.14. The number of hydrogen-bond acceptors (Lipinski definition) is 1. The number of hydrogen-bond donors (Lipinski definition) is 0. The summed E-state index contributed by atoms with van der Waals surface area (Å²) in [6, 6.07) is 10.4. The molecule has 0 N–H and O–H groups in total. The van der Waals surface area contributed by atoms with Gasteiger partial charge in [-0.1, -0.05) is 6.07 Å². The van der Waals surface area contributed by atoms with Gasteiger partial charge in [0.25, 0.3) is 0 Å². The van der Waals surface area contributed by atoms with Crippen LogP contribution in [-0.2, 0) is 0 Å². The third kappa shape index (κ3) is 2.16. The monoisotopic (exact) mass is 292 g/mol. The summed E-state index contributed by atoms with van der Waals surface area (Å²) in [5.41, 5.74) is 1.80. The maximum Gasteiger partial charge on any atom is 0.132 e. The SMILES string of the molecule is CC(Cl)c1nc2cc(F)ccc2n1-c1cccc(F)c1. The lowest BCUT2D eigenvalue weighted by Gasteiger charge is -2.10. The molecular formula is C15H11ClF2N2. The van der Waals surface area contributed by atoms with Crippen LogP contribution in [0.5, 0.6) is 0 Å². The molecule has 1 heterocycles. The molecule has 0 radical (unpaired) electrons. The minimum Gasteiger partial charge on any atom is -0.295 e. The van der Waals surface area contributed by atoms with Crippen molar-refractivity contribution in [1.82, 2.24) is 9.55 Å². The molecule has 1 unspecified atom stereocenters. The third-order valence-corrected chi connectivity index (χ3v) is 3.26. The highest BCUT2D eigenvalue weighted by Crippen LogP contribution is 2.28. The second-order valence-corrected chi connectivity index (χ2v) is 5.19. The summed E-state index contributed by atoms with van der Waals surface area (Å²) in [4.78, 5) is 4.35. The quantitative estimate of drug-likeness (QED) is 0.631. The molecule has 0 spiro atoms. The molecule has 0 aliphatic rings. The number of benzene rings is 2. The Kier molecular flexibility index (Phi) is 3.18. The number of fused-ring (bicyclic) bond motifs is 1. The van der Waals surface area contributed by atoms with E-state index in [1.165, 1.54) is 24.3 Å². The Morgan fingerprint density at radius 2 is 1.85 bits per heavy atom. The number of alkyl halides is 1. The largest absolute Gasteiger partial charge is 0.295 e. The second-order valence-electron chi connectivity index (χ2n) is 4.53. The Bertz CT molecular complexity index is 781. The molecule has 0 aliphatic carbocycles. The molecule has 102 valence electrons. The van der Waals surface area contributed by atoms with E-state index in [4.69, 9.17) is 11.6 Å². The Balaban J connectivity index is 2.34. The maximum absolute atomic E-state index is 13.4. The van der Waals surface area contributed by atoms with Gasteiger partial charge in [0, 0.05) is 6.07 Å². The standard InChI is InChI=1S/C15H11ClF2N2/c1-9(16)15-19-13-8-11(18)5-6-14(13)20(15)12-4-2-3-10(17)7-12/h2-9H,1H3. The molecule has 0 saturated carbocycles. The molecule has 0 amide bonds. The lowest BCUT2D eigenvalue weighted by atomic mass is 10.2. The van der Waals surface area contributed by atoms with Crippen LogP contribution in [0.1, 0.15) is 18.1 Å². The van der Waals surface area contributed by atoms with Crippen molar-refractivity contribution in [1.29, 1.82) is 0 Å². The molecule has 5 heteroatoms. The van der Waals surface area contributed by atoms with E-state index in [0.29, 0.717) is 22.5 Å². The van der Waals surface area contributed by atoms with Gasteiger partial charge in [-0.2, -0.15) is 0 Å². The van der Waals surface area contributed by atoms with E-state index in [2.05, 4.69) is 4.98 Å². The van der Waals surface area contributed by atoms with Crippen molar-refractivity contribution in [3.05, 3.63) is 59.9 Å². The minimum atomic E-state index is -0.381. The van der Waals surface area contributed by atoms with Crippen LogP contribution in [0.2, 0.25) is 0 Å². The summed E-state index contributed by atoms with van der Waals surface area (Å²) in [7, 11) is 0. The van der Waals surface area contributed by atoms with Crippen LogP contribution in [0.4, 0.5) is 8.78 Å². The lowest BCUT2D eigenvalue weighted by molar-refractivity contribution is 0.626. The van der Waals surface area contributed by atoms with Crippen molar-refractivity contribution < 1.29 is 8.78 Å².